The van der Waals surface area contributed by atoms with Gasteiger partial charge in [0.1, 0.15) is 0 Å². The average molecular weight is 475 g/mol. The smallest absolute Gasteiger partial charge is 0.0632 e. The molecule has 34 heavy (non-hydrogen) atoms. The Morgan fingerprint density at radius 1 is 0.794 bits per heavy atom. The molecule has 0 spiro atoms. The van der Waals surface area contributed by atoms with Crippen LogP contribution in [0.5, 0.6) is 0 Å². The highest BCUT2D eigenvalue weighted by Gasteiger charge is 2.70. The lowest BCUT2D eigenvalue weighted by molar-refractivity contribution is -0.227. The van der Waals surface area contributed by atoms with Crippen molar-refractivity contribution in [2.45, 2.75) is 112 Å². The number of fused-ring (bicyclic) bond motifs is 7. The van der Waals surface area contributed by atoms with Crippen molar-refractivity contribution >= 4 is 0 Å². The lowest BCUT2D eigenvalue weighted by atomic mass is 9.33. The summed E-state index contributed by atoms with van der Waals surface area (Å²) < 4.78 is 0. The van der Waals surface area contributed by atoms with Crippen LogP contribution in [0.2, 0.25) is 0 Å². The molecule has 4 N–H and O–H groups in total. The first kappa shape index (κ1) is 25.2. The summed E-state index contributed by atoms with van der Waals surface area (Å²) >= 11 is 0. The maximum Gasteiger partial charge on any atom is 0.0632 e. The summed E-state index contributed by atoms with van der Waals surface area (Å²) in [6, 6.07) is 0. The molecule has 4 nitrogen and oxygen atoms in total. The fourth-order valence-corrected chi connectivity index (χ4v) is 10.7. The van der Waals surface area contributed by atoms with Crippen molar-refractivity contribution in [2.75, 3.05) is 13.2 Å². The van der Waals surface area contributed by atoms with Crippen molar-refractivity contribution in [3.8, 4) is 0 Å². The third-order valence-corrected chi connectivity index (χ3v) is 13.3. The molecule has 4 saturated carbocycles. The summed E-state index contributed by atoms with van der Waals surface area (Å²) in [5.74, 6) is 1.02. The van der Waals surface area contributed by atoms with E-state index in [1.165, 1.54) is 5.57 Å². The second kappa shape index (κ2) is 7.55. The molecular weight excluding hydrogens is 424 g/mol. The van der Waals surface area contributed by atoms with E-state index in [-0.39, 0.29) is 40.8 Å². The number of allylic oxidation sites excluding steroid dienone is 2. The van der Waals surface area contributed by atoms with E-state index in [9.17, 15) is 20.4 Å². The van der Waals surface area contributed by atoms with Gasteiger partial charge in [0.15, 0.2) is 0 Å². The maximum atomic E-state index is 11.7. The largest absolute Gasteiger partial charge is 0.396 e. The quantitative estimate of drug-likeness (QED) is 0.421. The van der Waals surface area contributed by atoms with Crippen LogP contribution in [0.1, 0.15) is 99.3 Å². The number of hydrogen-bond donors (Lipinski definition) is 4. The van der Waals surface area contributed by atoms with Crippen molar-refractivity contribution in [1.29, 1.82) is 0 Å². The SMILES string of the molecule is CC1(C)CC[C@]2(CO)[C@@H](O)C[C@]3(C)C(=CC[C@@H]4[C@@]5(C)CC[C@H](O)[C@@](C)(CO)[C@@H]5CC[C@]43C)[C@@H]2C1. The Kier molecular flexibility index (Phi) is 5.61. The van der Waals surface area contributed by atoms with Gasteiger partial charge in [0.05, 0.1) is 25.4 Å². The van der Waals surface area contributed by atoms with Gasteiger partial charge in [0, 0.05) is 10.8 Å². The van der Waals surface area contributed by atoms with Crippen LogP contribution < -0.4 is 0 Å². The Hall–Kier alpha value is -0.420. The van der Waals surface area contributed by atoms with Gasteiger partial charge in [-0.15, -0.1) is 0 Å². The molecule has 4 fully saturated rings. The Labute approximate surface area is 207 Å². The predicted molar refractivity (Wildman–Crippen MR) is 135 cm³/mol. The monoisotopic (exact) mass is 474 g/mol. The topological polar surface area (TPSA) is 80.9 Å². The molecule has 0 aromatic rings. The van der Waals surface area contributed by atoms with Crippen molar-refractivity contribution in [3.05, 3.63) is 11.6 Å². The summed E-state index contributed by atoms with van der Waals surface area (Å²) in [5, 5.41) is 43.7. The van der Waals surface area contributed by atoms with Gasteiger partial charge in [-0.1, -0.05) is 53.2 Å². The molecule has 0 aromatic carbocycles. The van der Waals surface area contributed by atoms with Crippen molar-refractivity contribution in [3.63, 3.8) is 0 Å². The van der Waals surface area contributed by atoms with Crippen LogP contribution in [-0.2, 0) is 0 Å². The first-order valence-electron chi connectivity index (χ1n) is 14.0. The van der Waals surface area contributed by atoms with Crippen LogP contribution in [0.25, 0.3) is 0 Å². The third-order valence-electron chi connectivity index (χ3n) is 13.3. The molecule has 0 heterocycles. The molecule has 194 valence electrons. The number of rotatable bonds is 2. The molecule has 4 heteroatoms. The van der Waals surface area contributed by atoms with E-state index in [2.05, 4.69) is 47.6 Å². The van der Waals surface area contributed by atoms with Gasteiger partial charge in [0.2, 0.25) is 0 Å². The highest BCUT2D eigenvalue weighted by Crippen LogP contribution is 2.75. The number of hydrogen-bond acceptors (Lipinski definition) is 4. The van der Waals surface area contributed by atoms with Crippen LogP contribution in [0.4, 0.5) is 0 Å². The fourth-order valence-electron chi connectivity index (χ4n) is 10.7. The summed E-state index contributed by atoms with van der Waals surface area (Å²) in [5.41, 5.74) is 0.960. The number of aliphatic hydroxyl groups is 4. The van der Waals surface area contributed by atoms with Crippen molar-refractivity contribution in [2.24, 2.45) is 50.2 Å². The number of aliphatic hydroxyl groups excluding tert-OH is 4. The van der Waals surface area contributed by atoms with Gasteiger partial charge >= 0.3 is 0 Å². The van der Waals surface area contributed by atoms with E-state index in [4.69, 9.17) is 0 Å². The van der Waals surface area contributed by atoms with E-state index >= 15 is 0 Å². The van der Waals surface area contributed by atoms with Crippen LogP contribution in [0.15, 0.2) is 11.6 Å². The van der Waals surface area contributed by atoms with E-state index < -0.39 is 23.0 Å². The van der Waals surface area contributed by atoms with Gasteiger partial charge in [-0.25, -0.2) is 0 Å². The van der Waals surface area contributed by atoms with Gasteiger partial charge in [0.25, 0.3) is 0 Å². The Morgan fingerprint density at radius 2 is 1.50 bits per heavy atom. The zero-order valence-corrected chi connectivity index (χ0v) is 22.5. The third kappa shape index (κ3) is 2.92. The molecule has 0 radical (unpaired) electrons. The van der Waals surface area contributed by atoms with Gasteiger partial charge < -0.3 is 20.4 Å². The summed E-state index contributed by atoms with van der Waals surface area (Å²) in [6.07, 6.45) is 10.3. The van der Waals surface area contributed by atoms with E-state index in [1.807, 2.05) is 0 Å². The second-order valence-electron chi connectivity index (χ2n) is 15.0. The minimum Gasteiger partial charge on any atom is -0.396 e. The highest BCUT2D eigenvalue weighted by molar-refractivity contribution is 5.35. The molecule has 5 aliphatic carbocycles. The minimum atomic E-state index is -0.474. The van der Waals surface area contributed by atoms with Gasteiger partial charge in [-0.2, -0.15) is 0 Å². The predicted octanol–water partition coefficient (Wildman–Crippen LogP) is 5.08. The first-order valence-corrected chi connectivity index (χ1v) is 14.0. The Bertz CT molecular complexity index is 866. The van der Waals surface area contributed by atoms with Crippen LogP contribution >= 0.6 is 0 Å². The second-order valence-corrected chi connectivity index (χ2v) is 15.0. The van der Waals surface area contributed by atoms with E-state index in [1.54, 1.807) is 0 Å². The molecule has 0 amide bonds. The fraction of sp³-hybridized carbons (Fsp3) is 0.933. The molecule has 0 bridgehead atoms. The molecule has 0 aromatic heterocycles. The van der Waals surface area contributed by atoms with Gasteiger partial charge in [-0.3, -0.25) is 0 Å². The van der Waals surface area contributed by atoms with Crippen LogP contribution in [-0.4, -0.2) is 45.8 Å². The molecule has 5 aliphatic rings. The molecular formula is C30H50O4. The average Bonchev–Trinajstić information content (AvgIpc) is 2.77. The Morgan fingerprint density at radius 3 is 2.15 bits per heavy atom. The van der Waals surface area contributed by atoms with Crippen molar-refractivity contribution in [1.82, 2.24) is 0 Å². The van der Waals surface area contributed by atoms with Gasteiger partial charge in [-0.05, 0) is 97.2 Å². The minimum absolute atomic E-state index is 0.0467. The Balaban J connectivity index is 1.61. The normalized spacial score (nSPS) is 56.4. The molecule has 5 rings (SSSR count). The first-order chi connectivity index (χ1) is 15.7. The molecule has 0 unspecified atom stereocenters. The lowest BCUT2D eigenvalue weighted by Crippen LogP contribution is -2.67. The standard InChI is InChI=1S/C30H50O4/c1-25(2)13-14-30(18-32)20(15-25)19-7-8-22-26(3)11-10-23(33)27(4,17-31)21(26)9-12-28(22,5)29(19,6)16-24(30)34/h7,20-24,31-34H,8-18H2,1-6H3/t20-,21+,22+,23-,24-,26-,27-,28+,29+,30+/m0/s1. The maximum absolute atomic E-state index is 11.7. The lowest BCUT2D eigenvalue weighted by Gasteiger charge is -2.72. The van der Waals surface area contributed by atoms with Crippen LogP contribution in [0.3, 0.4) is 0 Å². The molecule has 10 atom stereocenters. The molecule has 0 aliphatic heterocycles. The summed E-state index contributed by atoms with van der Waals surface area (Å²) in [4.78, 5) is 0. The zero-order chi connectivity index (χ0) is 24.9. The van der Waals surface area contributed by atoms with E-state index in [0.717, 1.165) is 57.8 Å². The summed E-state index contributed by atoms with van der Waals surface area (Å²) in [7, 11) is 0. The van der Waals surface area contributed by atoms with Crippen LogP contribution in [0, 0.1) is 50.2 Å². The van der Waals surface area contributed by atoms with E-state index in [0.29, 0.717) is 11.8 Å². The summed E-state index contributed by atoms with van der Waals surface area (Å²) in [6.45, 7) is 14.3. The highest BCUT2D eigenvalue weighted by atomic mass is 16.3. The van der Waals surface area contributed by atoms with Crippen molar-refractivity contribution < 1.29 is 20.4 Å². The molecule has 0 saturated heterocycles. The zero-order valence-electron chi connectivity index (χ0n) is 22.5.